The molecule has 94 valence electrons. The zero-order valence-corrected chi connectivity index (χ0v) is 10.9. The molecule has 0 saturated carbocycles. The van der Waals surface area contributed by atoms with Crippen LogP contribution < -0.4 is 10.1 Å². The Labute approximate surface area is 107 Å². The first-order valence-electron chi connectivity index (χ1n) is 5.97. The lowest BCUT2D eigenvalue weighted by atomic mass is 10.1. The molecule has 2 aromatic rings. The van der Waals surface area contributed by atoms with E-state index in [1.807, 2.05) is 38.1 Å². The smallest absolute Gasteiger partial charge is 0.148 e. The lowest BCUT2D eigenvalue weighted by Gasteiger charge is -2.09. The molecule has 0 bridgehead atoms. The third-order valence-electron chi connectivity index (χ3n) is 2.65. The van der Waals surface area contributed by atoms with Crippen molar-refractivity contribution in [2.24, 2.45) is 0 Å². The fraction of sp³-hybridized carbons (Fsp3) is 0.286. The molecule has 0 aliphatic heterocycles. The standard InChI is InChI=1S/C14H17N3O/c1-4-15-14-8-6-12(16-17-14)11-9-10(2)5-7-13(11)18-3/h5-9H,4H2,1-3H3,(H,15,17). The molecule has 4 heteroatoms. The average molecular weight is 243 g/mol. The Morgan fingerprint density at radius 1 is 1.17 bits per heavy atom. The van der Waals surface area contributed by atoms with Gasteiger partial charge in [0.05, 0.1) is 12.8 Å². The lowest BCUT2D eigenvalue weighted by Crippen LogP contribution is -2.01. The van der Waals surface area contributed by atoms with Gasteiger partial charge < -0.3 is 10.1 Å². The predicted octanol–water partition coefficient (Wildman–Crippen LogP) is 2.89. The van der Waals surface area contributed by atoms with E-state index in [-0.39, 0.29) is 0 Å². The molecule has 1 N–H and O–H groups in total. The lowest BCUT2D eigenvalue weighted by molar-refractivity contribution is 0.416. The molecule has 4 nitrogen and oxygen atoms in total. The molecule has 2 rings (SSSR count). The number of benzene rings is 1. The quantitative estimate of drug-likeness (QED) is 0.897. The molecule has 0 radical (unpaired) electrons. The van der Waals surface area contributed by atoms with Crippen molar-refractivity contribution in [1.82, 2.24) is 10.2 Å². The van der Waals surface area contributed by atoms with E-state index in [2.05, 4.69) is 21.6 Å². The van der Waals surface area contributed by atoms with Crippen molar-refractivity contribution in [2.75, 3.05) is 19.0 Å². The molecule has 18 heavy (non-hydrogen) atoms. The normalized spacial score (nSPS) is 10.2. The van der Waals surface area contributed by atoms with Gasteiger partial charge in [-0.3, -0.25) is 0 Å². The summed E-state index contributed by atoms with van der Waals surface area (Å²) in [6, 6.07) is 9.89. The minimum Gasteiger partial charge on any atom is -0.496 e. The number of aromatic nitrogens is 2. The van der Waals surface area contributed by atoms with E-state index in [0.717, 1.165) is 29.4 Å². The van der Waals surface area contributed by atoms with Crippen molar-refractivity contribution in [2.45, 2.75) is 13.8 Å². The van der Waals surface area contributed by atoms with Gasteiger partial charge in [-0.2, -0.15) is 0 Å². The summed E-state index contributed by atoms with van der Waals surface area (Å²) in [7, 11) is 1.66. The van der Waals surface area contributed by atoms with E-state index in [0.29, 0.717) is 0 Å². The third-order valence-corrected chi connectivity index (χ3v) is 2.65. The predicted molar refractivity (Wildman–Crippen MR) is 72.9 cm³/mol. The first kappa shape index (κ1) is 12.4. The number of hydrogen-bond donors (Lipinski definition) is 1. The van der Waals surface area contributed by atoms with Crippen LogP contribution in [0.5, 0.6) is 5.75 Å². The number of methoxy groups -OCH3 is 1. The van der Waals surface area contributed by atoms with Gasteiger partial charge in [0.15, 0.2) is 0 Å². The van der Waals surface area contributed by atoms with Crippen LogP contribution in [0.4, 0.5) is 5.82 Å². The van der Waals surface area contributed by atoms with Gasteiger partial charge in [-0.05, 0) is 38.1 Å². The number of anilines is 1. The second-order valence-corrected chi connectivity index (χ2v) is 4.04. The molecule has 0 fully saturated rings. The molecule has 1 aromatic heterocycles. The van der Waals surface area contributed by atoms with Crippen LogP contribution in [0.3, 0.4) is 0 Å². The Morgan fingerprint density at radius 2 is 2.00 bits per heavy atom. The highest BCUT2D eigenvalue weighted by atomic mass is 16.5. The molecule has 0 amide bonds. The molecular formula is C14H17N3O. The van der Waals surface area contributed by atoms with Crippen molar-refractivity contribution >= 4 is 5.82 Å². The van der Waals surface area contributed by atoms with E-state index in [1.165, 1.54) is 5.56 Å². The Bertz CT molecular complexity index is 523. The minimum atomic E-state index is 0.785. The number of nitrogens with one attached hydrogen (secondary N) is 1. The van der Waals surface area contributed by atoms with Gasteiger partial charge in [0.1, 0.15) is 11.6 Å². The van der Waals surface area contributed by atoms with Gasteiger partial charge in [-0.15, -0.1) is 10.2 Å². The molecular weight excluding hydrogens is 226 g/mol. The molecule has 0 aliphatic carbocycles. The van der Waals surface area contributed by atoms with E-state index >= 15 is 0 Å². The molecule has 0 spiro atoms. The van der Waals surface area contributed by atoms with E-state index < -0.39 is 0 Å². The van der Waals surface area contributed by atoms with E-state index in [4.69, 9.17) is 4.74 Å². The second-order valence-electron chi connectivity index (χ2n) is 4.04. The molecule has 0 unspecified atom stereocenters. The van der Waals surface area contributed by atoms with Crippen LogP contribution in [-0.2, 0) is 0 Å². The summed E-state index contributed by atoms with van der Waals surface area (Å²) in [5.41, 5.74) is 2.95. The highest BCUT2D eigenvalue weighted by molar-refractivity contribution is 5.68. The van der Waals surface area contributed by atoms with Crippen molar-refractivity contribution in [3.05, 3.63) is 35.9 Å². The van der Waals surface area contributed by atoms with Crippen LogP contribution in [0.25, 0.3) is 11.3 Å². The number of hydrogen-bond acceptors (Lipinski definition) is 4. The Kier molecular flexibility index (Phi) is 3.77. The highest BCUT2D eigenvalue weighted by Crippen LogP contribution is 2.29. The minimum absolute atomic E-state index is 0.785. The summed E-state index contributed by atoms with van der Waals surface area (Å²) in [5, 5.41) is 11.5. The van der Waals surface area contributed by atoms with Crippen molar-refractivity contribution in [3.8, 4) is 17.0 Å². The Morgan fingerprint density at radius 3 is 2.61 bits per heavy atom. The summed E-state index contributed by atoms with van der Waals surface area (Å²) >= 11 is 0. The summed E-state index contributed by atoms with van der Waals surface area (Å²) in [5.74, 6) is 1.60. The zero-order valence-electron chi connectivity index (χ0n) is 10.9. The first-order valence-corrected chi connectivity index (χ1v) is 5.97. The van der Waals surface area contributed by atoms with Crippen LogP contribution in [0, 0.1) is 6.92 Å². The number of aryl methyl sites for hydroxylation is 1. The van der Waals surface area contributed by atoms with Gasteiger partial charge >= 0.3 is 0 Å². The molecule has 1 aromatic carbocycles. The number of nitrogens with zero attached hydrogens (tertiary/aromatic N) is 2. The molecule has 0 aliphatic rings. The number of ether oxygens (including phenoxy) is 1. The zero-order chi connectivity index (χ0) is 13.0. The van der Waals surface area contributed by atoms with Crippen LogP contribution >= 0.6 is 0 Å². The van der Waals surface area contributed by atoms with Crippen molar-refractivity contribution in [3.63, 3.8) is 0 Å². The average Bonchev–Trinajstić information content (AvgIpc) is 2.40. The maximum atomic E-state index is 5.35. The van der Waals surface area contributed by atoms with E-state index in [9.17, 15) is 0 Å². The first-order chi connectivity index (χ1) is 8.74. The molecule has 1 heterocycles. The fourth-order valence-corrected chi connectivity index (χ4v) is 1.77. The summed E-state index contributed by atoms with van der Waals surface area (Å²) in [6.45, 7) is 4.91. The fourth-order valence-electron chi connectivity index (χ4n) is 1.77. The van der Waals surface area contributed by atoms with Gasteiger partial charge in [-0.1, -0.05) is 11.6 Å². The molecule has 0 saturated heterocycles. The van der Waals surface area contributed by atoms with Gasteiger partial charge in [-0.25, -0.2) is 0 Å². The van der Waals surface area contributed by atoms with Gasteiger partial charge in [0.2, 0.25) is 0 Å². The van der Waals surface area contributed by atoms with Crippen LogP contribution in [-0.4, -0.2) is 23.9 Å². The van der Waals surface area contributed by atoms with Crippen LogP contribution in [0.15, 0.2) is 30.3 Å². The number of rotatable bonds is 4. The van der Waals surface area contributed by atoms with Gasteiger partial charge in [0.25, 0.3) is 0 Å². The second kappa shape index (κ2) is 5.49. The van der Waals surface area contributed by atoms with Crippen molar-refractivity contribution in [1.29, 1.82) is 0 Å². The highest BCUT2D eigenvalue weighted by Gasteiger charge is 2.08. The summed E-state index contributed by atoms with van der Waals surface area (Å²) in [6.07, 6.45) is 0. The SMILES string of the molecule is CCNc1ccc(-c2cc(C)ccc2OC)nn1. The van der Waals surface area contributed by atoms with Gasteiger partial charge in [0, 0.05) is 12.1 Å². The monoisotopic (exact) mass is 243 g/mol. The van der Waals surface area contributed by atoms with Crippen molar-refractivity contribution < 1.29 is 4.74 Å². The summed E-state index contributed by atoms with van der Waals surface area (Å²) < 4.78 is 5.35. The largest absolute Gasteiger partial charge is 0.496 e. The maximum absolute atomic E-state index is 5.35. The Balaban J connectivity index is 2.38. The summed E-state index contributed by atoms with van der Waals surface area (Å²) in [4.78, 5) is 0. The maximum Gasteiger partial charge on any atom is 0.148 e. The van der Waals surface area contributed by atoms with E-state index in [1.54, 1.807) is 7.11 Å². The topological polar surface area (TPSA) is 47.0 Å². The Hall–Kier alpha value is -2.10. The molecule has 0 atom stereocenters. The van der Waals surface area contributed by atoms with Crippen LogP contribution in [0.1, 0.15) is 12.5 Å². The third kappa shape index (κ3) is 2.59. The van der Waals surface area contributed by atoms with Crippen LogP contribution in [0.2, 0.25) is 0 Å².